The summed E-state index contributed by atoms with van der Waals surface area (Å²) < 4.78 is 32.0. The summed E-state index contributed by atoms with van der Waals surface area (Å²) in [5.41, 5.74) is 8.65. The van der Waals surface area contributed by atoms with Crippen molar-refractivity contribution in [1.82, 2.24) is 9.88 Å². The number of nitrogens with zero attached hydrogens (tertiary/aromatic N) is 3. The van der Waals surface area contributed by atoms with E-state index in [1.165, 1.54) is 11.8 Å². The van der Waals surface area contributed by atoms with Crippen molar-refractivity contribution in [2.75, 3.05) is 26.8 Å². The molecule has 0 amide bonds. The second-order valence-corrected chi connectivity index (χ2v) is 9.35. The Hall–Kier alpha value is -3.65. The Kier molecular flexibility index (Phi) is 5.33. The maximum atomic E-state index is 14.5. The minimum Gasteiger partial charge on any atom is -0.497 e. The highest BCUT2D eigenvalue weighted by Gasteiger charge is 2.55. The Morgan fingerprint density at radius 3 is 2.80 bits per heavy atom. The fraction of sp³-hybridized carbons (Fsp3) is 0.333. The molecular formula is C27H27FN4O3. The van der Waals surface area contributed by atoms with Gasteiger partial charge in [0.25, 0.3) is 6.02 Å². The van der Waals surface area contributed by atoms with Crippen molar-refractivity contribution >= 4 is 6.02 Å². The molecule has 6 rings (SSSR count). The number of methoxy groups -OCH3 is 1. The number of piperidine rings is 1. The van der Waals surface area contributed by atoms with E-state index in [2.05, 4.69) is 22.0 Å². The number of hydrogen-bond acceptors (Lipinski definition) is 7. The van der Waals surface area contributed by atoms with E-state index in [9.17, 15) is 4.39 Å². The summed E-state index contributed by atoms with van der Waals surface area (Å²) in [6.45, 7) is 2.85. The lowest BCUT2D eigenvalue weighted by Gasteiger charge is -2.49. The summed E-state index contributed by atoms with van der Waals surface area (Å²) in [6.07, 6.45) is 2.31. The minimum absolute atomic E-state index is 0.00570. The molecule has 1 fully saturated rings. The van der Waals surface area contributed by atoms with Crippen LogP contribution in [0.15, 0.2) is 65.8 Å². The van der Waals surface area contributed by atoms with Gasteiger partial charge in [-0.3, -0.25) is 4.90 Å². The largest absolute Gasteiger partial charge is 0.497 e. The van der Waals surface area contributed by atoms with Gasteiger partial charge in [0.15, 0.2) is 0 Å². The van der Waals surface area contributed by atoms with E-state index in [0.717, 1.165) is 48.7 Å². The van der Waals surface area contributed by atoms with E-state index >= 15 is 0 Å². The zero-order chi connectivity index (χ0) is 24.0. The van der Waals surface area contributed by atoms with Gasteiger partial charge in [0.1, 0.15) is 29.7 Å². The zero-order valence-electron chi connectivity index (χ0n) is 19.5. The number of pyridine rings is 1. The van der Waals surface area contributed by atoms with Gasteiger partial charge < -0.3 is 19.9 Å². The van der Waals surface area contributed by atoms with Crippen molar-refractivity contribution in [3.05, 3.63) is 77.9 Å². The van der Waals surface area contributed by atoms with Crippen LogP contribution in [0, 0.1) is 11.9 Å². The molecule has 4 heterocycles. The number of aliphatic imine (C=N–C) groups is 1. The highest BCUT2D eigenvalue weighted by atomic mass is 19.1. The minimum atomic E-state index is -0.685. The van der Waals surface area contributed by atoms with Gasteiger partial charge in [-0.15, -0.1) is 0 Å². The van der Waals surface area contributed by atoms with Crippen LogP contribution >= 0.6 is 0 Å². The molecule has 2 N–H and O–H groups in total. The van der Waals surface area contributed by atoms with E-state index < -0.39 is 11.5 Å². The number of ether oxygens (including phenoxy) is 3. The number of halogens is 1. The topological polar surface area (TPSA) is 82.2 Å². The molecule has 1 saturated heterocycles. The van der Waals surface area contributed by atoms with Gasteiger partial charge >= 0.3 is 0 Å². The molecule has 35 heavy (non-hydrogen) atoms. The van der Waals surface area contributed by atoms with Crippen molar-refractivity contribution in [2.45, 2.75) is 24.6 Å². The summed E-state index contributed by atoms with van der Waals surface area (Å²) in [6, 6.07) is 17.5. The van der Waals surface area contributed by atoms with Crippen LogP contribution in [0.3, 0.4) is 0 Å². The summed E-state index contributed by atoms with van der Waals surface area (Å²) in [5, 5.41) is 0. The molecular weight excluding hydrogens is 447 g/mol. The number of nitrogens with two attached hydrogens (primary N) is 1. The maximum absolute atomic E-state index is 14.5. The summed E-state index contributed by atoms with van der Waals surface area (Å²) in [7, 11) is 1.67. The normalized spacial score (nSPS) is 25.3. The monoisotopic (exact) mass is 474 g/mol. The van der Waals surface area contributed by atoms with E-state index in [4.69, 9.17) is 24.9 Å². The first-order valence-electron chi connectivity index (χ1n) is 11.8. The number of fused-ring (bicyclic) bond motifs is 4. The number of aromatic nitrogens is 1. The number of benzene rings is 2. The molecule has 3 aliphatic heterocycles. The molecule has 0 saturated carbocycles. The highest BCUT2D eigenvalue weighted by molar-refractivity contribution is 5.75. The molecule has 0 aliphatic carbocycles. The first-order valence-corrected chi connectivity index (χ1v) is 11.8. The second kappa shape index (κ2) is 8.53. The Bertz CT molecular complexity index is 1280. The molecule has 3 atom stereocenters. The van der Waals surface area contributed by atoms with E-state index in [0.29, 0.717) is 12.2 Å². The fourth-order valence-corrected chi connectivity index (χ4v) is 5.61. The lowest BCUT2D eigenvalue weighted by atomic mass is 9.71. The Morgan fingerprint density at radius 1 is 1.20 bits per heavy atom. The molecule has 3 aromatic rings. The molecule has 0 bridgehead atoms. The first-order chi connectivity index (χ1) is 17.1. The molecule has 3 aliphatic rings. The molecule has 1 spiro atoms. The van der Waals surface area contributed by atoms with Crippen molar-refractivity contribution in [1.29, 1.82) is 0 Å². The SMILES string of the molecule is COc1ccc(CN2CCC3Oc4ccc(-c5cccnc5F)cc4C4(COC(N)=N4)C3C2)cc1. The molecule has 0 radical (unpaired) electrons. The average molecular weight is 475 g/mol. The summed E-state index contributed by atoms with van der Waals surface area (Å²) >= 11 is 0. The Balaban J connectivity index is 1.35. The van der Waals surface area contributed by atoms with E-state index in [1.807, 2.05) is 30.3 Å². The van der Waals surface area contributed by atoms with Crippen molar-refractivity contribution in [2.24, 2.45) is 16.6 Å². The third kappa shape index (κ3) is 3.78. The number of likely N-dealkylation sites (tertiary alicyclic amines) is 1. The van der Waals surface area contributed by atoms with Crippen molar-refractivity contribution in [3.8, 4) is 22.6 Å². The maximum Gasteiger partial charge on any atom is 0.283 e. The van der Waals surface area contributed by atoms with Crippen LogP contribution in [0.25, 0.3) is 11.1 Å². The van der Waals surface area contributed by atoms with Crippen molar-refractivity contribution < 1.29 is 18.6 Å². The number of rotatable bonds is 4. The van der Waals surface area contributed by atoms with Crippen molar-refractivity contribution in [3.63, 3.8) is 0 Å². The summed E-state index contributed by atoms with van der Waals surface area (Å²) in [5.74, 6) is 1.13. The third-order valence-corrected chi connectivity index (χ3v) is 7.36. The molecule has 7 nitrogen and oxygen atoms in total. The lowest BCUT2D eigenvalue weighted by molar-refractivity contribution is -0.0256. The molecule has 180 valence electrons. The van der Waals surface area contributed by atoms with E-state index in [-0.39, 0.29) is 18.0 Å². The molecule has 8 heteroatoms. The first kappa shape index (κ1) is 21.9. The second-order valence-electron chi connectivity index (χ2n) is 9.35. The summed E-state index contributed by atoms with van der Waals surface area (Å²) in [4.78, 5) is 11.1. The van der Waals surface area contributed by atoms with Gasteiger partial charge in [0.2, 0.25) is 5.95 Å². The predicted molar refractivity (Wildman–Crippen MR) is 130 cm³/mol. The average Bonchev–Trinajstić information content (AvgIpc) is 3.27. The van der Waals surface area contributed by atoms with Gasteiger partial charge in [-0.2, -0.15) is 4.39 Å². The Labute approximate surface area is 203 Å². The molecule has 2 aromatic carbocycles. The Morgan fingerprint density at radius 2 is 2.06 bits per heavy atom. The smallest absolute Gasteiger partial charge is 0.283 e. The molecule has 3 unspecified atom stereocenters. The zero-order valence-corrected chi connectivity index (χ0v) is 19.5. The van der Waals surface area contributed by atoms with Crippen LogP contribution in [-0.2, 0) is 16.8 Å². The van der Waals surface area contributed by atoms with Crippen LogP contribution in [0.1, 0.15) is 17.5 Å². The van der Waals surface area contributed by atoms with E-state index in [1.54, 1.807) is 19.2 Å². The van der Waals surface area contributed by atoms with Crippen LogP contribution in [0.4, 0.5) is 4.39 Å². The van der Waals surface area contributed by atoms with Crippen LogP contribution in [-0.4, -0.2) is 48.8 Å². The number of hydrogen-bond donors (Lipinski definition) is 1. The number of amidine groups is 1. The van der Waals surface area contributed by atoms with Gasteiger partial charge in [-0.05, 0) is 53.9 Å². The standard InChI is InChI=1S/C27H27FN4O3/c1-33-19-7-4-17(5-8-19)14-32-12-10-24-22(15-32)27(16-34-26(29)31-27)21-13-18(6-9-23(21)35-24)20-3-2-11-30-25(20)28/h2-9,11,13,22,24H,10,12,14-16H2,1H3,(H2,29,31). The lowest BCUT2D eigenvalue weighted by Crippen LogP contribution is -2.56. The van der Waals surface area contributed by atoms with Gasteiger partial charge in [-0.25, -0.2) is 9.98 Å². The fourth-order valence-electron chi connectivity index (χ4n) is 5.61. The van der Waals surface area contributed by atoms with Crippen LogP contribution in [0.5, 0.6) is 11.5 Å². The van der Waals surface area contributed by atoms with Gasteiger partial charge in [0, 0.05) is 42.9 Å². The third-order valence-electron chi connectivity index (χ3n) is 7.36. The van der Waals surface area contributed by atoms with Crippen LogP contribution < -0.4 is 15.2 Å². The predicted octanol–water partition coefficient (Wildman–Crippen LogP) is 3.72. The van der Waals surface area contributed by atoms with Gasteiger partial charge in [-0.1, -0.05) is 18.2 Å². The highest BCUT2D eigenvalue weighted by Crippen LogP contribution is 2.51. The van der Waals surface area contributed by atoms with Gasteiger partial charge in [0.05, 0.1) is 7.11 Å². The quantitative estimate of drug-likeness (QED) is 0.581. The molecule has 1 aromatic heterocycles. The van der Waals surface area contributed by atoms with Crippen LogP contribution in [0.2, 0.25) is 0 Å².